The third-order valence-electron chi connectivity index (χ3n) is 3.87. The molecule has 3 rings (SSSR count). The van der Waals surface area contributed by atoms with E-state index in [-0.39, 0.29) is 30.9 Å². The average Bonchev–Trinajstić information content (AvgIpc) is 3.04. The van der Waals surface area contributed by atoms with Gasteiger partial charge in [0.05, 0.1) is 18.7 Å². The molecule has 7 heteroatoms. The molecule has 1 aromatic carbocycles. The largest absolute Gasteiger partial charge is 0.507 e. The molecule has 23 heavy (non-hydrogen) atoms. The predicted molar refractivity (Wildman–Crippen MR) is 99.8 cm³/mol. The van der Waals surface area contributed by atoms with Crippen LogP contribution in [0.25, 0.3) is 0 Å². The minimum atomic E-state index is 0. The van der Waals surface area contributed by atoms with Gasteiger partial charge in [0.25, 0.3) is 0 Å². The van der Waals surface area contributed by atoms with Crippen LogP contribution in [0.3, 0.4) is 0 Å². The Bertz CT molecular complexity index is 590. The van der Waals surface area contributed by atoms with Crippen LogP contribution in [0.5, 0.6) is 11.5 Å². The number of nitrogens with zero attached hydrogens (tertiary/aromatic N) is 1. The van der Waals surface area contributed by atoms with E-state index >= 15 is 0 Å². The SMILES string of the molecule is COc1cccc(O)c1[C@@H](c1cccs1)N1CCNCC1.Cl.Cl. The zero-order valence-corrected chi connectivity index (χ0v) is 15.3. The zero-order valence-electron chi connectivity index (χ0n) is 12.9. The molecule has 0 bridgehead atoms. The molecule has 4 nitrogen and oxygen atoms in total. The zero-order chi connectivity index (χ0) is 14.7. The minimum absolute atomic E-state index is 0. The lowest BCUT2D eigenvalue weighted by Gasteiger charge is -2.35. The molecule has 2 N–H and O–H groups in total. The van der Waals surface area contributed by atoms with Gasteiger partial charge in [0, 0.05) is 31.1 Å². The van der Waals surface area contributed by atoms with Gasteiger partial charge in [-0.05, 0) is 23.6 Å². The molecule has 0 amide bonds. The van der Waals surface area contributed by atoms with Gasteiger partial charge in [-0.2, -0.15) is 0 Å². The topological polar surface area (TPSA) is 44.7 Å². The summed E-state index contributed by atoms with van der Waals surface area (Å²) >= 11 is 1.72. The van der Waals surface area contributed by atoms with Crippen LogP contribution in [0, 0.1) is 0 Å². The van der Waals surface area contributed by atoms with E-state index in [0.29, 0.717) is 5.75 Å². The number of halogens is 2. The van der Waals surface area contributed by atoms with Crippen molar-refractivity contribution in [2.45, 2.75) is 6.04 Å². The summed E-state index contributed by atoms with van der Waals surface area (Å²) in [6.07, 6.45) is 0. The first kappa shape index (κ1) is 20.1. The van der Waals surface area contributed by atoms with E-state index in [1.54, 1.807) is 24.5 Å². The Morgan fingerprint density at radius 1 is 1.17 bits per heavy atom. The standard InChI is InChI=1S/C16H20N2O2S.2ClH/c1-20-13-5-2-4-12(19)15(13)16(14-6-3-11-21-14)18-9-7-17-8-10-18;;/h2-6,11,16-17,19H,7-10H2,1H3;2*1H/t16-;;/m1../s1. The third-order valence-corrected chi connectivity index (χ3v) is 4.79. The number of nitrogens with one attached hydrogen (secondary N) is 1. The molecule has 1 aliphatic heterocycles. The lowest BCUT2D eigenvalue weighted by molar-refractivity contribution is 0.195. The summed E-state index contributed by atoms with van der Waals surface area (Å²) < 4.78 is 5.50. The Morgan fingerprint density at radius 2 is 1.91 bits per heavy atom. The molecule has 1 aliphatic rings. The highest BCUT2D eigenvalue weighted by Gasteiger charge is 2.29. The Hall–Kier alpha value is -0.980. The van der Waals surface area contributed by atoms with Gasteiger partial charge in [-0.3, -0.25) is 4.90 Å². The number of phenols is 1. The van der Waals surface area contributed by atoms with Crippen LogP contribution in [0.2, 0.25) is 0 Å². The highest BCUT2D eigenvalue weighted by Crippen LogP contribution is 2.41. The molecule has 0 radical (unpaired) electrons. The van der Waals surface area contributed by atoms with Crippen LogP contribution in [0.1, 0.15) is 16.5 Å². The average molecular weight is 377 g/mol. The first-order valence-electron chi connectivity index (χ1n) is 7.15. The van der Waals surface area contributed by atoms with Crippen molar-refractivity contribution in [3.8, 4) is 11.5 Å². The number of phenolic OH excluding ortho intramolecular Hbond substituents is 1. The number of thiophene rings is 1. The molecule has 0 unspecified atom stereocenters. The summed E-state index contributed by atoms with van der Waals surface area (Å²) in [6.45, 7) is 3.86. The molecule has 0 saturated carbocycles. The number of benzene rings is 1. The van der Waals surface area contributed by atoms with Gasteiger partial charge in [0.2, 0.25) is 0 Å². The molecule has 128 valence electrons. The number of hydrogen-bond donors (Lipinski definition) is 2. The number of hydrogen-bond acceptors (Lipinski definition) is 5. The van der Waals surface area contributed by atoms with Gasteiger partial charge in [-0.1, -0.05) is 12.1 Å². The Morgan fingerprint density at radius 3 is 2.52 bits per heavy atom. The van der Waals surface area contributed by atoms with Crippen molar-refractivity contribution in [3.63, 3.8) is 0 Å². The van der Waals surface area contributed by atoms with Crippen molar-refractivity contribution in [1.82, 2.24) is 10.2 Å². The summed E-state index contributed by atoms with van der Waals surface area (Å²) in [6, 6.07) is 9.70. The summed E-state index contributed by atoms with van der Waals surface area (Å²) in [5.41, 5.74) is 0.865. The van der Waals surface area contributed by atoms with Gasteiger partial charge in [-0.25, -0.2) is 0 Å². The van der Waals surface area contributed by atoms with Gasteiger partial charge >= 0.3 is 0 Å². The van der Waals surface area contributed by atoms with E-state index in [2.05, 4.69) is 27.7 Å². The van der Waals surface area contributed by atoms with Crippen molar-refractivity contribution in [3.05, 3.63) is 46.2 Å². The lowest BCUT2D eigenvalue weighted by Crippen LogP contribution is -2.45. The van der Waals surface area contributed by atoms with Gasteiger partial charge in [0.15, 0.2) is 0 Å². The monoisotopic (exact) mass is 376 g/mol. The normalized spacial score (nSPS) is 16.0. The van der Waals surface area contributed by atoms with E-state index in [4.69, 9.17) is 4.74 Å². The summed E-state index contributed by atoms with van der Waals surface area (Å²) in [4.78, 5) is 3.64. The number of piperazine rings is 1. The summed E-state index contributed by atoms with van der Waals surface area (Å²) in [5, 5.41) is 15.9. The number of methoxy groups -OCH3 is 1. The molecular formula is C16H22Cl2N2O2S. The molecule has 1 atom stereocenters. The van der Waals surface area contributed by atoms with Gasteiger partial charge in [0.1, 0.15) is 11.5 Å². The Labute approximate surface area is 153 Å². The van der Waals surface area contributed by atoms with Crippen molar-refractivity contribution < 1.29 is 9.84 Å². The summed E-state index contributed by atoms with van der Waals surface area (Å²) in [5.74, 6) is 1.04. The van der Waals surface area contributed by atoms with Crippen LogP contribution in [-0.2, 0) is 0 Å². The van der Waals surface area contributed by atoms with Crippen LogP contribution >= 0.6 is 36.2 Å². The number of aromatic hydroxyl groups is 1. The molecule has 1 aromatic heterocycles. The van der Waals surface area contributed by atoms with Crippen LogP contribution in [0.4, 0.5) is 0 Å². The molecule has 2 heterocycles. The van der Waals surface area contributed by atoms with Crippen LogP contribution in [-0.4, -0.2) is 43.3 Å². The third kappa shape index (κ3) is 4.31. The van der Waals surface area contributed by atoms with E-state index in [1.165, 1.54) is 4.88 Å². The molecule has 1 fully saturated rings. The van der Waals surface area contributed by atoms with Crippen LogP contribution in [0.15, 0.2) is 35.7 Å². The number of ether oxygens (including phenoxy) is 1. The smallest absolute Gasteiger partial charge is 0.127 e. The molecular weight excluding hydrogens is 355 g/mol. The Balaban J connectivity index is 0.00000132. The quantitative estimate of drug-likeness (QED) is 0.858. The van der Waals surface area contributed by atoms with E-state index < -0.39 is 0 Å². The van der Waals surface area contributed by atoms with E-state index in [1.807, 2.05) is 12.1 Å². The molecule has 0 spiro atoms. The predicted octanol–water partition coefficient (Wildman–Crippen LogP) is 3.30. The highest BCUT2D eigenvalue weighted by molar-refractivity contribution is 7.10. The number of rotatable bonds is 4. The van der Waals surface area contributed by atoms with Gasteiger partial charge in [-0.15, -0.1) is 36.2 Å². The maximum absolute atomic E-state index is 10.4. The van der Waals surface area contributed by atoms with E-state index in [0.717, 1.165) is 37.5 Å². The van der Waals surface area contributed by atoms with Crippen LogP contribution < -0.4 is 10.1 Å². The maximum atomic E-state index is 10.4. The fraction of sp³-hybridized carbons (Fsp3) is 0.375. The van der Waals surface area contributed by atoms with Crippen molar-refractivity contribution in [1.29, 1.82) is 0 Å². The Kier molecular flexibility index (Phi) is 8.16. The highest BCUT2D eigenvalue weighted by atomic mass is 35.5. The molecule has 0 aliphatic carbocycles. The van der Waals surface area contributed by atoms with Crippen molar-refractivity contribution in [2.75, 3.05) is 33.3 Å². The fourth-order valence-electron chi connectivity index (χ4n) is 2.88. The molecule has 1 saturated heterocycles. The van der Waals surface area contributed by atoms with E-state index in [9.17, 15) is 5.11 Å². The second-order valence-corrected chi connectivity index (χ2v) is 6.08. The minimum Gasteiger partial charge on any atom is -0.507 e. The molecule has 2 aromatic rings. The fourth-order valence-corrected chi connectivity index (χ4v) is 3.74. The first-order chi connectivity index (χ1) is 10.3. The lowest BCUT2D eigenvalue weighted by atomic mass is 10.0. The van der Waals surface area contributed by atoms with Crippen molar-refractivity contribution in [2.24, 2.45) is 0 Å². The summed E-state index contributed by atoms with van der Waals surface area (Å²) in [7, 11) is 1.65. The maximum Gasteiger partial charge on any atom is 0.127 e. The first-order valence-corrected chi connectivity index (χ1v) is 8.03. The second kappa shape index (κ2) is 9.35. The van der Waals surface area contributed by atoms with Crippen molar-refractivity contribution >= 4 is 36.2 Å². The van der Waals surface area contributed by atoms with Gasteiger partial charge < -0.3 is 15.2 Å². The second-order valence-electron chi connectivity index (χ2n) is 5.10.